The minimum Gasteiger partial charge on any atom is -0.496 e. The van der Waals surface area contributed by atoms with Crippen LogP contribution < -0.4 is 10.5 Å². The molecule has 0 atom stereocenters. The van der Waals surface area contributed by atoms with Crippen molar-refractivity contribution < 1.29 is 4.74 Å². The molecule has 0 saturated carbocycles. The number of rotatable bonds is 4. The summed E-state index contributed by atoms with van der Waals surface area (Å²) in [4.78, 5) is 8.74. The van der Waals surface area contributed by atoms with Crippen molar-refractivity contribution >= 4 is 0 Å². The van der Waals surface area contributed by atoms with Crippen LogP contribution in [-0.2, 0) is 6.42 Å². The third-order valence-electron chi connectivity index (χ3n) is 2.73. The molecule has 18 heavy (non-hydrogen) atoms. The first kappa shape index (κ1) is 12.5. The van der Waals surface area contributed by atoms with Crippen LogP contribution in [0.25, 0.3) is 11.4 Å². The Morgan fingerprint density at radius 1 is 1.22 bits per heavy atom. The van der Waals surface area contributed by atoms with E-state index in [2.05, 4.69) is 9.97 Å². The maximum atomic E-state index is 5.50. The first-order chi connectivity index (χ1) is 8.74. The van der Waals surface area contributed by atoms with Crippen LogP contribution in [0.4, 0.5) is 0 Å². The minimum absolute atomic E-state index is 0.608. The summed E-state index contributed by atoms with van der Waals surface area (Å²) >= 11 is 0. The second-order valence-electron chi connectivity index (χ2n) is 4.16. The molecule has 0 spiro atoms. The smallest absolute Gasteiger partial charge is 0.162 e. The lowest BCUT2D eigenvalue weighted by atomic mass is 10.1. The average molecular weight is 243 g/mol. The highest BCUT2D eigenvalue weighted by Gasteiger charge is 2.08. The molecule has 1 aromatic heterocycles. The van der Waals surface area contributed by atoms with Crippen molar-refractivity contribution in [3.05, 3.63) is 41.7 Å². The molecule has 4 nitrogen and oxygen atoms in total. The predicted molar refractivity (Wildman–Crippen MR) is 71.5 cm³/mol. The van der Waals surface area contributed by atoms with Crippen LogP contribution in [0.5, 0.6) is 5.75 Å². The topological polar surface area (TPSA) is 61.0 Å². The van der Waals surface area contributed by atoms with Gasteiger partial charge < -0.3 is 10.5 Å². The summed E-state index contributed by atoms with van der Waals surface area (Å²) in [5, 5.41) is 0. The standard InChI is InChI=1S/C14H17N3O/c1-10-3-4-13(18-2)12(7-10)14-16-8-11(5-6-15)9-17-14/h3-4,7-9H,5-6,15H2,1-2H3. The fraction of sp³-hybridized carbons (Fsp3) is 0.286. The monoisotopic (exact) mass is 243 g/mol. The molecular weight excluding hydrogens is 226 g/mol. The lowest BCUT2D eigenvalue weighted by Crippen LogP contribution is -2.04. The summed E-state index contributed by atoms with van der Waals surface area (Å²) in [5.74, 6) is 1.46. The van der Waals surface area contributed by atoms with Gasteiger partial charge in [0.15, 0.2) is 5.82 Å². The lowest BCUT2D eigenvalue weighted by molar-refractivity contribution is 0.416. The Bertz CT molecular complexity index is 523. The number of ether oxygens (including phenoxy) is 1. The normalized spacial score (nSPS) is 10.4. The first-order valence-electron chi connectivity index (χ1n) is 5.90. The molecule has 0 aliphatic heterocycles. The number of nitrogens with zero attached hydrogens (tertiary/aromatic N) is 2. The van der Waals surface area contributed by atoms with E-state index in [9.17, 15) is 0 Å². The van der Waals surface area contributed by atoms with E-state index >= 15 is 0 Å². The highest BCUT2D eigenvalue weighted by molar-refractivity contribution is 5.64. The summed E-state index contributed by atoms with van der Waals surface area (Å²) in [6.07, 6.45) is 4.43. The second kappa shape index (κ2) is 5.60. The highest BCUT2D eigenvalue weighted by atomic mass is 16.5. The zero-order valence-corrected chi connectivity index (χ0v) is 10.7. The Balaban J connectivity index is 2.38. The van der Waals surface area contributed by atoms with Gasteiger partial charge in [0.1, 0.15) is 5.75 Å². The number of aromatic nitrogens is 2. The van der Waals surface area contributed by atoms with Crippen LogP contribution in [0.15, 0.2) is 30.6 Å². The van der Waals surface area contributed by atoms with Crippen LogP contribution in [0.3, 0.4) is 0 Å². The minimum atomic E-state index is 0.608. The lowest BCUT2D eigenvalue weighted by Gasteiger charge is -2.08. The Hall–Kier alpha value is -1.94. The van der Waals surface area contributed by atoms with Crippen molar-refractivity contribution in [2.24, 2.45) is 5.73 Å². The number of benzene rings is 1. The van der Waals surface area contributed by atoms with Gasteiger partial charge in [-0.05, 0) is 37.6 Å². The van der Waals surface area contributed by atoms with Crippen LogP contribution in [0.2, 0.25) is 0 Å². The molecule has 0 bridgehead atoms. The number of aryl methyl sites for hydroxylation is 1. The number of nitrogens with two attached hydrogens (primary N) is 1. The van der Waals surface area contributed by atoms with Crippen molar-refractivity contribution in [2.45, 2.75) is 13.3 Å². The number of methoxy groups -OCH3 is 1. The molecule has 2 aromatic rings. The molecule has 1 heterocycles. The SMILES string of the molecule is COc1ccc(C)cc1-c1ncc(CCN)cn1. The van der Waals surface area contributed by atoms with Crippen LogP contribution in [0.1, 0.15) is 11.1 Å². The van der Waals surface area contributed by atoms with Gasteiger partial charge in [-0.2, -0.15) is 0 Å². The molecule has 94 valence electrons. The number of hydrogen-bond acceptors (Lipinski definition) is 4. The van der Waals surface area contributed by atoms with Crippen molar-refractivity contribution in [3.8, 4) is 17.1 Å². The van der Waals surface area contributed by atoms with Crippen molar-refractivity contribution in [1.82, 2.24) is 9.97 Å². The van der Waals surface area contributed by atoms with Crippen molar-refractivity contribution in [3.63, 3.8) is 0 Å². The van der Waals surface area contributed by atoms with Gasteiger partial charge in [-0.1, -0.05) is 11.6 Å². The van der Waals surface area contributed by atoms with E-state index in [-0.39, 0.29) is 0 Å². The van der Waals surface area contributed by atoms with E-state index < -0.39 is 0 Å². The summed E-state index contributed by atoms with van der Waals surface area (Å²) in [5.41, 5.74) is 8.62. The molecule has 0 radical (unpaired) electrons. The zero-order valence-electron chi connectivity index (χ0n) is 10.7. The first-order valence-corrected chi connectivity index (χ1v) is 5.90. The third-order valence-corrected chi connectivity index (χ3v) is 2.73. The quantitative estimate of drug-likeness (QED) is 0.891. The van der Waals surface area contributed by atoms with E-state index in [4.69, 9.17) is 10.5 Å². The maximum Gasteiger partial charge on any atom is 0.162 e. The van der Waals surface area contributed by atoms with Gasteiger partial charge in [0.2, 0.25) is 0 Å². The summed E-state index contributed by atoms with van der Waals surface area (Å²) in [7, 11) is 1.65. The van der Waals surface area contributed by atoms with E-state index in [0.717, 1.165) is 28.9 Å². The van der Waals surface area contributed by atoms with Gasteiger partial charge in [0.05, 0.1) is 12.7 Å². The molecule has 2 rings (SSSR count). The van der Waals surface area contributed by atoms with E-state index in [1.807, 2.05) is 37.5 Å². The number of hydrogen-bond donors (Lipinski definition) is 1. The van der Waals surface area contributed by atoms with E-state index in [0.29, 0.717) is 12.4 Å². The van der Waals surface area contributed by atoms with Crippen LogP contribution in [0, 0.1) is 6.92 Å². The fourth-order valence-electron chi connectivity index (χ4n) is 1.79. The molecule has 0 saturated heterocycles. The van der Waals surface area contributed by atoms with Gasteiger partial charge in [-0.25, -0.2) is 9.97 Å². The molecule has 0 fully saturated rings. The molecule has 0 aliphatic carbocycles. The molecule has 0 aliphatic rings. The van der Waals surface area contributed by atoms with E-state index in [1.165, 1.54) is 0 Å². The second-order valence-corrected chi connectivity index (χ2v) is 4.16. The highest BCUT2D eigenvalue weighted by Crippen LogP contribution is 2.27. The third kappa shape index (κ3) is 2.65. The predicted octanol–water partition coefficient (Wildman–Crippen LogP) is 1.96. The van der Waals surface area contributed by atoms with Gasteiger partial charge in [0, 0.05) is 12.4 Å². The van der Waals surface area contributed by atoms with Crippen molar-refractivity contribution in [2.75, 3.05) is 13.7 Å². The molecule has 2 N–H and O–H groups in total. The Kier molecular flexibility index (Phi) is 3.89. The summed E-state index contributed by atoms with van der Waals surface area (Å²) < 4.78 is 5.33. The Labute approximate surface area is 107 Å². The van der Waals surface area contributed by atoms with E-state index in [1.54, 1.807) is 7.11 Å². The van der Waals surface area contributed by atoms with Crippen molar-refractivity contribution in [1.29, 1.82) is 0 Å². The Morgan fingerprint density at radius 2 is 1.94 bits per heavy atom. The molecule has 0 amide bonds. The van der Waals surface area contributed by atoms with Gasteiger partial charge in [-0.15, -0.1) is 0 Å². The summed E-state index contributed by atoms with van der Waals surface area (Å²) in [6, 6.07) is 5.96. The van der Waals surface area contributed by atoms with Gasteiger partial charge in [0.25, 0.3) is 0 Å². The van der Waals surface area contributed by atoms with Gasteiger partial charge in [-0.3, -0.25) is 0 Å². The maximum absolute atomic E-state index is 5.50. The fourth-order valence-corrected chi connectivity index (χ4v) is 1.79. The average Bonchev–Trinajstić information content (AvgIpc) is 2.40. The van der Waals surface area contributed by atoms with Gasteiger partial charge >= 0.3 is 0 Å². The molecule has 1 aromatic carbocycles. The van der Waals surface area contributed by atoms with Crippen LogP contribution in [-0.4, -0.2) is 23.6 Å². The molecule has 4 heteroatoms. The Morgan fingerprint density at radius 3 is 2.56 bits per heavy atom. The van der Waals surface area contributed by atoms with Crippen LogP contribution >= 0.6 is 0 Å². The zero-order chi connectivity index (χ0) is 13.0. The molecular formula is C14H17N3O. The summed E-state index contributed by atoms with van der Waals surface area (Å²) in [6.45, 7) is 2.64. The largest absolute Gasteiger partial charge is 0.496 e. The molecule has 0 unspecified atom stereocenters.